The zero-order chi connectivity index (χ0) is 22.6. The Labute approximate surface area is 191 Å². The minimum atomic E-state index is -0.741. The van der Waals surface area contributed by atoms with E-state index in [-0.39, 0.29) is 28.3 Å². The molecule has 160 valence electrons. The van der Waals surface area contributed by atoms with Crippen molar-refractivity contribution < 1.29 is 19.1 Å². The average Bonchev–Trinajstić information content (AvgIpc) is 3.08. The van der Waals surface area contributed by atoms with Crippen molar-refractivity contribution in [2.75, 3.05) is 12.0 Å². The molecule has 32 heavy (non-hydrogen) atoms. The minimum Gasteiger partial charge on any atom is -0.504 e. The van der Waals surface area contributed by atoms with Crippen LogP contribution in [0.2, 0.25) is 0 Å². The smallest absolute Gasteiger partial charge is 0.295 e. The standard InChI is InChI=1S/C25H18BrNO5/c1-13-3-7-16(8-4-13)27-22(14-5-9-18(28)20(11-14)31-2)21-23(29)17-12-15(26)6-10-19(17)32-24(21)25(27)30/h3-12,22,28H,1-2H3. The summed E-state index contributed by atoms with van der Waals surface area (Å²) in [5.41, 5.74) is 2.63. The van der Waals surface area contributed by atoms with Crippen LogP contribution in [0.5, 0.6) is 11.5 Å². The predicted molar refractivity (Wildman–Crippen MR) is 125 cm³/mol. The summed E-state index contributed by atoms with van der Waals surface area (Å²) in [6.45, 7) is 1.96. The molecule has 0 saturated heterocycles. The molecule has 5 rings (SSSR count). The first-order valence-corrected chi connectivity index (χ1v) is 10.7. The summed E-state index contributed by atoms with van der Waals surface area (Å²) in [5, 5.41) is 10.5. The summed E-state index contributed by atoms with van der Waals surface area (Å²) >= 11 is 3.40. The Hall–Kier alpha value is -3.58. The fourth-order valence-corrected chi connectivity index (χ4v) is 4.46. The number of carbonyl (C=O) groups is 1. The molecule has 3 aromatic carbocycles. The van der Waals surface area contributed by atoms with Crippen LogP contribution in [0.3, 0.4) is 0 Å². The van der Waals surface area contributed by atoms with Crippen molar-refractivity contribution in [1.82, 2.24) is 0 Å². The van der Waals surface area contributed by atoms with E-state index in [4.69, 9.17) is 9.15 Å². The number of aromatic hydroxyl groups is 1. The molecule has 1 aliphatic heterocycles. The number of phenolic OH excluding ortho intramolecular Hbond substituents is 1. The van der Waals surface area contributed by atoms with Crippen LogP contribution < -0.4 is 15.1 Å². The normalized spacial score (nSPS) is 15.3. The number of nitrogens with zero attached hydrogens (tertiary/aromatic N) is 1. The van der Waals surface area contributed by atoms with Gasteiger partial charge in [0.2, 0.25) is 5.76 Å². The highest BCUT2D eigenvalue weighted by atomic mass is 79.9. The average molecular weight is 492 g/mol. The third kappa shape index (κ3) is 3.08. The van der Waals surface area contributed by atoms with E-state index in [1.165, 1.54) is 13.2 Å². The number of fused-ring (bicyclic) bond motifs is 2. The molecule has 0 bridgehead atoms. The Morgan fingerprint density at radius 3 is 2.50 bits per heavy atom. The second-order valence-corrected chi connectivity index (χ2v) is 8.57. The van der Waals surface area contributed by atoms with Crippen LogP contribution in [0.4, 0.5) is 5.69 Å². The molecule has 1 amide bonds. The molecule has 0 spiro atoms. The van der Waals surface area contributed by atoms with E-state index in [1.54, 1.807) is 35.2 Å². The zero-order valence-corrected chi connectivity index (χ0v) is 18.8. The molecule has 1 unspecified atom stereocenters. The zero-order valence-electron chi connectivity index (χ0n) is 17.3. The van der Waals surface area contributed by atoms with Crippen molar-refractivity contribution in [3.63, 3.8) is 0 Å². The number of methoxy groups -OCH3 is 1. The van der Waals surface area contributed by atoms with Gasteiger partial charge in [-0.2, -0.15) is 0 Å². The second-order valence-electron chi connectivity index (χ2n) is 7.66. The van der Waals surface area contributed by atoms with Gasteiger partial charge < -0.3 is 14.3 Å². The van der Waals surface area contributed by atoms with E-state index in [0.717, 1.165) is 10.0 Å². The molecule has 6 nitrogen and oxygen atoms in total. The molecule has 1 N–H and O–H groups in total. The molecule has 7 heteroatoms. The fourth-order valence-electron chi connectivity index (χ4n) is 4.10. The third-order valence-electron chi connectivity index (χ3n) is 5.66. The molecule has 2 heterocycles. The van der Waals surface area contributed by atoms with Crippen LogP contribution in [0.1, 0.15) is 33.3 Å². The number of hydrogen-bond donors (Lipinski definition) is 1. The lowest BCUT2D eigenvalue weighted by Crippen LogP contribution is -2.29. The number of amides is 1. The Balaban J connectivity index is 1.82. The highest BCUT2D eigenvalue weighted by Crippen LogP contribution is 2.43. The van der Waals surface area contributed by atoms with Crippen LogP contribution in [-0.4, -0.2) is 18.1 Å². The first-order chi connectivity index (χ1) is 15.4. The number of hydrogen-bond acceptors (Lipinski definition) is 5. The summed E-state index contributed by atoms with van der Waals surface area (Å²) in [6, 6.07) is 16.7. The van der Waals surface area contributed by atoms with Crippen LogP contribution in [0.15, 0.2) is 74.3 Å². The summed E-state index contributed by atoms with van der Waals surface area (Å²) in [4.78, 5) is 28.7. The van der Waals surface area contributed by atoms with Crippen LogP contribution in [-0.2, 0) is 0 Å². The van der Waals surface area contributed by atoms with Gasteiger partial charge >= 0.3 is 0 Å². The van der Waals surface area contributed by atoms with Gasteiger partial charge in [0.1, 0.15) is 5.58 Å². The molecule has 0 aliphatic carbocycles. The molecule has 1 aliphatic rings. The van der Waals surface area contributed by atoms with Crippen LogP contribution in [0.25, 0.3) is 11.0 Å². The van der Waals surface area contributed by atoms with Gasteiger partial charge in [-0.25, -0.2) is 0 Å². The molecular formula is C25H18BrNO5. The van der Waals surface area contributed by atoms with E-state index >= 15 is 0 Å². The van der Waals surface area contributed by atoms with Gasteiger partial charge in [0.25, 0.3) is 5.91 Å². The van der Waals surface area contributed by atoms with E-state index < -0.39 is 11.9 Å². The first kappa shape index (κ1) is 20.3. The fraction of sp³-hybridized carbons (Fsp3) is 0.120. The lowest BCUT2D eigenvalue weighted by Gasteiger charge is -2.25. The highest BCUT2D eigenvalue weighted by molar-refractivity contribution is 9.10. The Morgan fingerprint density at radius 1 is 1.03 bits per heavy atom. The number of aryl methyl sites for hydroxylation is 1. The van der Waals surface area contributed by atoms with E-state index in [2.05, 4.69) is 15.9 Å². The van der Waals surface area contributed by atoms with Crippen molar-refractivity contribution in [3.8, 4) is 11.5 Å². The Bertz CT molecular complexity index is 1440. The number of carbonyl (C=O) groups excluding carboxylic acids is 1. The number of rotatable bonds is 3. The number of halogens is 1. The number of phenols is 1. The van der Waals surface area contributed by atoms with Gasteiger partial charge in [-0.05, 0) is 55.0 Å². The molecule has 4 aromatic rings. The van der Waals surface area contributed by atoms with E-state index in [0.29, 0.717) is 22.2 Å². The first-order valence-electron chi connectivity index (χ1n) is 9.92. The van der Waals surface area contributed by atoms with Gasteiger partial charge in [0, 0.05) is 10.2 Å². The Kier molecular flexibility index (Phi) is 4.78. The number of anilines is 1. The summed E-state index contributed by atoms with van der Waals surface area (Å²) in [6.07, 6.45) is 0. The predicted octanol–water partition coefficient (Wildman–Crippen LogP) is 5.33. The molecule has 0 fully saturated rings. The van der Waals surface area contributed by atoms with Gasteiger partial charge in [0.15, 0.2) is 16.9 Å². The van der Waals surface area contributed by atoms with Crippen molar-refractivity contribution in [1.29, 1.82) is 0 Å². The monoisotopic (exact) mass is 491 g/mol. The maximum atomic E-state index is 13.6. The molecule has 0 radical (unpaired) electrons. The van der Waals surface area contributed by atoms with Crippen molar-refractivity contribution >= 4 is 38.5 Å². The third-order valence-corrected chi connectivity index (χ3v) is 6.16. The minimum absolute atomic E-state index is 0.0161. The lowest BCUT2D eigenvalue weighted by atomic mass is 9.97. The largest absolute Gasteiger partial charge is 0.504 e. The quantitative estimate of drug-likeness (QED) is 0.419. The van der Waals surface area contributed by atoms with Crippen molar-refractivity contribution in [3.05, 3.63) is 97.8 Å². The van der Waals surface area contributed by atoms with E-state index in [9.17, 15) is 14.7 Å². The maximum absolute atomic E-state index is 13.6. The molecule has 1 atom stereocenters. The molecule has 1 aromatic heterocycles. The van der Waals surface area contributed by atoms with Crippen molar-refractivity contribution in [2.24, 2.45) is 0 Å². The SMILES string of the molecule is COc1cc(C2c3c(oc4ccc(Br)cc4c3=O)C(=O)N2c2ccc(C)cc2)ccc1O. The topological polar surface area (TPSA) is 80.0 Å². The molecule has 0 saturated carbocycles. The maximum Gasteiger partial charge on any atom is 0.295 e. The second kappa shape index (κ2) is 7.53. The van der Waals surface area contributed by atoms with Gasteiger partial charge in [-0.15, -0.1) is 0 Å². The van der Waals surface area contributed by atoms with Gasteiger partial charge in [-0.1, -0.05) is 39.7 Å². The molecular weight excluding hydrogens is 474 g/mol. The Morgan fingerprint density at radius 2 is 1.78 bits per heavy atom. The van der Waals surface area contributed by atoms with Crippen molar-refractivity contribution in [2.45, 2.75) is 13.0 Å². The summed E-state index contributed by atoms with van der Waals surface area (Å²) < 4.78 is 12.0. The summed E-state index contributed by atoms with van der Waals surface area (Å²) in [7, 11) is 1.45. The van der Waals surface area contributed by atoms with E-state index in [1.807, 2.05) is 31.2 Å². The highest BCUT2D eigenvalue weighted by Gasteiger charge is 2.43. The summed E-state index contributed by atoms with van der Waals surface area (Å²) in [5.74, 6) is -0.164. The van der Waals surface area contributed by atoms with Crippen LogP contribution >= 0.6 is 15.9 Å². The number of ether oxygens (including phenoxy) is 1. The van der Waals surface area contributed by atoms with Gasteiger partial charge in [0.05, 0.1) is 24.1 Å². The van der Waals surface area contributed by atoms with Crippen LogP contribution in [0, 0.1) is 6.92 Å². The number of benzene rings is 3. The van der Waals surface area contributed by atoms with Gasteiger partial charge in [-0.3, -0.25) is 14.5 Å². The lowest BCUT2D eigenvalue weighted by molar-refractivity contribution is 0.0971.